The molecule has 0 aliphatic heterocycles. The standard InChI is InChI=1S/C9H8ClFO/c1-6-2-3-7(4-9(6)11)8(10)5-12/h2-5,8H,1H3. The van der Waals surface area contributed by atoms with Gasteiger partial charge < -0.3 is 4.79 Å². The zero-order valence-corrected chi connectivity index (χ0v) is 7.31. The highest BCUT2D eigenvalue weighted by Gasteiger charge is 2.07. The largest absolute Gasteiger partial charge is 0.301 e. The van der Waals surface area contributed by atoms with Crippen molar-refractivity contribution in [2.45, 2.75) is 12.3 Å². The number of carbonyl (C=O) groups excluding carboxylic acids is 1. The highest BCUT2D eigenvalue weighted by Crippen LogP contribution is 2.19. The molecule has 12 heavy (non-hydrogen) atoms. The summed E-state index contributed by atoms with van der Waals surface area (Å²) in [5.74, 6) is -0.333. The average Bonchev–Trinajstić information content (AvgIpc) is 2.08. The van der Waals surface area contributed by atoms with E-state index in [9.17, 15) is 9.18 Å². The van der Waals surface area contributed by atoms with Crippen molar-refractivity contribution in [3.8, 4) is 0 Å². The number of aldehydes is 1. The summed E-state index contributed by atoms with van der Waals surface area (Å²) in [6.45, 7) is 1.66. The van der Waals surface area contributed by atoms with E-state index in [4.69, 9.17) is 11.6 Å². The third-order valence-electron chi connectivity index (χ3n) is 1.63. The summed E-state index contributed by atoms with van der Waals surface area (Å²) in [7, 11) is 0. The molecule has 3 heteroatoms. The molecule has 0 amide bonds. The molecule has 1 aromatic rings. The van der Waals surface area contributed by atoms with E-state index in [1.165, 1.54) is 6.07 Å². The molecule has 64 valence electrons. The molecular weight excluding hydrogens is 179 g/mol. The van der Waals surface area contributed by atoms with E-state index in [1.807, 2.05) is 0 Å². The quantitative estimate of drug-likeness (QED) is 0.513. The third kappa shape index (κ3) is 1.83. The van der Waals surface area contributed by atoms with E-state index < -0.39 is 5.38 Å². The van der Waals surface area contributed by atoms with Crippen LogP contribution in [0.3, 0.4) is 0 Å². The molecule has 0 fully saturated rings. The first kappa shape index (κ1) is 9.20. The van der Waals surface area contributed by atoms with Gasteiger partial charge in [0.05, 0.1) is 0 Å². The Hall–Kier alpha value is -0.890. The Balaban J connectivity index is 3.04. The predicted octanol–water partition coefficient (Wildman–Crippen LogP) is 2.61. The van der Waals surface area contributed by atoms with Gasteiger partial charge in [-0.25, -0.2) is 4.39 Å². The number of hydrogen-bond donors (Lipinski definition) is 0. The zero-order chi connectivity index (χ0) is 9.14. The van der Waals surface area contributed by atoms with E-state index in [1.54, 1.807) is 19.1 Å². The van der Waals surface area contributed by atoms with Crippen LogP contribution in [0.15, 0.2) is 18.2 Å². The second kappa shape index (κ2) is 3.68. The summed E-state index contributed by atoms with van der Waals surface area (Å²) >= 11 is 5.58. The van der Waals surface area contributed by atoms with Gasteiger partial charge in [0.15, 0.2) is 0 Å². The van der Waals surface area contributed by atoms with Crippen molar-refractivity contribution in [2.75, 3.05) is 0 Å². The minimum atomic E-state index is -0.750. The number of halogens is 2. The van der Waals surface area contributed by atoms with Crippen molar-refractivity contribution in [1.82, 2.24) is 0 Å². The van der Waals surface area contributed by atoms with Crippen LogP contribution in [0, 0.1) is 12.7 Å². The Labute approximate surface area is 75.2 Å². The molecule has 0 spiro atoms. The predicted molar refractivity (Wildman–Crippen MR) is 45.8 cm³/mol. The van der Waals surface area contributed by atoms with Gasteiger partial charge in [0.1, 0.15) is 17.5 Å². The van der Waals surface area contributed by atoms with Crippen molar-refractivity contribution in [2.24, 2.45) is 0 Å². The van der Waals surface area contributed by atoms with Crippen molar-refractivity contribution < 1.29 is 9.18 Å². The van der Waals surface area contributed by atoms with Crippen LogP contribution in [-0.4, -0.2) is 6.29 Å². The van der Waals surface area contributed by atoms with Crippen LogP contribution in [0.1, 0.15) is 16.5 Å². The molecule has 1 unspecified atom stereocenters. The summed E-state index contributed by atoms with van der Waals surface area (Å²) in [6.07, 6.45) is 0.575. The fraction of sp³-hybridized carbons (Fsp3) is 0.222. The number of benzene rings is 1. The van der Waals surface area contributed by atoms with Gasteiger partial charge in [-0.1, -0.05) is 12.1 Å². The number of hydrogen-bond acceptors (Lipinski definition) is 1. The van der Waals surface area contributed by atoms with Crippen molar-refractivity contribution >= 4 is 17.9 Å². The minimum Gasteiger partial charge on any atom is -0.301 e. The summed E-state index contributed by atoms with van der Waals surface area (Å²) in [5, 5.41) is -0.750. The van der Waals surface area contributed by atoms with Crippen LogP contribution in [0.4, 0.5) is 4.39 Å². The summed E-state index contributed by atoms with van der Waals surface area (Å²) in [5.41, 5.74) is 1.04. The Kier molecular flexibility index (Phi) is 2.82. The lowest BCUT2D eigenvalue weighted by molar-refractivity contribution is -0.107. The Morgan fingerprint density at radius 2 is 2.25 bits per heavy atom. The van der Waals surface area contributed by atoms with Crippen molar-refractivity contribution in [3.05, 3.63) is 35.1 Å². The van der Waals surface area contributed by atoms with E-state index in [0.29, 0.717) is 17.4 Å². The number of carbonyl (C=O) groups is 1. The number of rotatable bonds is 2. The van der Waals surface area contributed by atoms with Gasteiger partial charge in [-0.15, -0.1) is 11.6 Å². The molecule has 1 atom stereocenters. The van der Waals surface area contributed by atoms with Gasteiger partial charge in [-0.05, 0) is 24.1 Å². The van der Waals surface area contributed by atoms with E-state index in [0.717, 1.165) is 0 Å². The fourth-order valence-corrected chi connectivity index (χ4v) is 0.995. The third-order valence-corrected chi connectivity index (χ3v) is 1.99. The highest BCUT2D eigenvalue weighted by molar-refractivity contribution is 6.27. The molecule has 0 bridgehead atoms. The molecule has 0 N–H and O–H groups in total. The Morgan fingerprint density at radius 1 is 1.58 bits per heavy atom. The van der Waals surface area contributed by atoms with Crippen LogP contribution in [0.25, 0.3) is 0 Å². The van der Waals surface area contributed by atoms with Gasteiger partial charge in [0, 0.05) is 0 Å². The highest BCUT2D eigenvalue weighted by atomic mass is 35.5. The normalized spacial score (nSPS) is 12.6. The van der Waals surface area contributed by atoms with E-state index in [2.05, 4.69) is 0 Å². The van der Waals surface area contributed by atoms with Gasteiger partial charge in [0.25, 0.3) is 0 Å². The first-order chi connectivity index (χ1) is 5.65. The van der Waals surface area contributed by atoms with Crippen molar-refractivity contribution in [3.63, 3.8) is 0 Å². The number of aryl methyl sites for hydroxylation is 1. The molecule has 0 aromatic heterocycles. The second-order valence-corrected chi connectivity index (χ2v) is 3.02. The topological polar surface area (TPSA) is 17.1 Å². The Bertz CT molecular complexity index is 299. The van der Waals surface area contributed by atoms with Crippen LogP contribution in [0.5, 0.6) is 0 Å². The molecule has 1 aromatic carbocycles. The summed E-state index contributed by atoms with van der Waals surface area (Å²) in [6, 6.07) is 4.52. The van der Waals surface area contributed by atoms with Gasteiger partial charge >= 0.3 is 0 Å². The minimum absolute atomic E-state index is 0.333. The maximum absolute atomic E-state index is 12.9. The van der Waals surface area contributed by atoms with E-state index >= 15 is 0 Å². The van der Waals surface area contributed by atoms with Crippen LogP contribution >= 0.6 is 11.6 Å². The Morgan fingerprint density at radius 3 is 2.75 bits per heavy atom. The molecule has 0 saturated carbocycles. The van der Waals surface area contributed by atoms with Gasteiger partial charge in [0.2, 0.25) is 0 Å². The summed E-state index contributed by atoms with van der Waals surface area (Å²) in [4.78, 5) is 10.2. The molecule has 0 heterocycles. The lowest BCUT2D eigenvalue weighted by Crippen LogP contribution is -1.93. The van der Waals surface area contributed by atoms with Crippen LogP contribution < -0.4 is 0 Å². The first-order valence-corrected chi connectivity index (χ1v) is 3.94. The van der Waals surface area contributed by atoms with Crippen LogP contribution in [-0.2, 0) is 4.79 Å². The smallest absolute Gasteiger partial charge is 0.142 e. The first-order valence-electron chi connectivity index (χ1n) is 3.50. The van der Waals surface area contributed by atoms with Crippen LogP contribution in [0.2, 0.25) is 0 Å². The van der Waals surface area contributed by atoms with Crippen molar-refractivity contribution in [1.29, 1.82) is 0 Å². The molecule has 1 nitrogen and oxygen atoms in total. The number of alkyl halides is 1. The molecule has 1 rings (SSSR count). The molecule has 0 saturated heterocycles. The van der Waals surface area contributed by atoms with Gasteiger partial charge in [-0.3, -0.25) is 0 Å². The molecule has 0 aliphatic carbocycles. The van der Waals surface area contributed by atoms with Gasteiger partial charge in [-0.2, -0.15) is 0 Å². The second-order valence-electron chi connectivity index (χ2n) is 2.55. The summed E-state index contributed by atoms with van der Waals surface area (Å²) < 4.78 is 12.9. The SMILES string of the molecule is Cc1ccc(C(Cl)C=O)cc1F. The molecular formula is C9H8ClFO. The molecule has 0 radical (unpaired) electrons. The maximum Gasteiger partial charge on any atom is 0.142 e. The fourth-order valence-electron chi connectivity index (χ4n) is 0.859. The lowest BCUT2D eigenvalue weighted by atomic mass is 10.1. The lowest BCUT2D eigenvalue weighted by Gasteiger charge is -2.02. The van der Waals surface area contributed by atoms with E-state index in [-0.39, 0.29) is 5.82 Å². The monoisotopic (exact) mass is 186 g/mol. The zero-order valence-electron chi connectivity index (χ0n) is 6.55. The molecule has 0 aliphatic rings. The maximum atomic E-state index is 12.9. The average molecular weight is 187 g/mol.